The summed E-state index contributed by atoms with van der Waals surface area (Å²) in [6.07, 6.45) is -0.537. The van der Waals surface area contributed by atoms with E-state index in [1.54, 1.807) is 0 Å². The first-order valence-electron chi connectivity index (χ1n) is 6.29. The summed E-state index contributed by atoms with van der Waals surface area (Å²) < 4.78 is 5.08. The largest absolute Gasteiger partial charge is 0.494 e. The third-order valence-electron chi connectivity index (χ3n) is 2.82. The summed E-state index contributed by atoms with van der Waals surface area (Å²) in [6, 6.07) is 2.75. The Labute approximate surface area is 122 Å². The molecule has 0 bridgehead atoms. The van der Waals surface area contributed by atoms with Gasteiger partial charge in [0.15, 0.2) is 17.3 Å². The number of ether oxygens (including phenoxy) is 1. The molecule has 1 aromatic carbocycles. The second kappa shape index (κ2) is 6.78. The number of methoxy groups -OCH3 is 1. The molecule has 0 unspecified atom stereocenters. The highest BCUT2D eigenvalue weighted by Crippen LogP contribution is 2.31. The molecule has 0 fully saturated rings. The van der Waals surface area contributed by atoms with Crippen molar-refractivity contribution < 1.29 is 23.9 Å². The molecule has 0 aliphatic carbocycles. The first-order valence-corrected chi connectivity index (χ1v) is 6.29. The van der Waals surface area contributed by atoms with Gasteiger partial charge >= 0.3 is 0 Å². The summed E-state index contributed by atoms with van der Waals surface area (Å²) >= 11 is 0. The Kier molecular flexibility index (Phi) is 5.35. The molecule has 112 valence electrons. The van der Waals surface area contributed by atoms with Crippen molar-refractivity contribution in [1.29, 1.82) is 0 Å². The number of rotatable bonds is 7. The Bertz CT molecular complexity index is 619. The average molecular weight is 291 g/mol. The molecule has 21 heavy (non-hydrogen) atoms. The molecule has 0 spiro atoms. The highest BCUT2D eigenvalue weighted by atomic mass is 16.5. The van der Waals surface area contributed by atoms with Crippen LogP contribution in [0.15, 0.2) is 12.1 Å². The number of hydrogen-bond acceptors (Lipinski definition) is 6. The molecule has 1 rings (SSSR count). The fourth-order valence-corrected chi connectivity index (χ4v) is 1.92. The Morgan fingerprint density at radius 3 is 1.81 bits per heavy atom. The number of anilines is 1. The monoisotopic (exact) mass is 291 g/mol. The van der Waals surface area contributed by atoms with Crippen LogP contribution in [0, 0.1) is 0 Å². The van der Waals surface area contributed by atoms with Crippen molar-refractivity contribution in [3.8, 4) is 5.75 Å². The Balaban J connectivity index is 3.26. The van der Waals surface area contributed by atoms with Gasteiger partial charge in [-0.3, -0.25) is 19.2 Å². The molecule has 0 atom stereocenters. The summed E-state index contributed by atoms with van der Waals surface area (Å²) in [5, 5.41) is 0. The van der Waals surface area contributed by atoms with E-state index in [2.05, 4.69) is 0 Å². The second-order valence-electron chi connectivity index (χ2n) is 4.71. The maximum atomic E-state index is 12.0. The van der Waals surface area contributed by atoms with Gasteiger partial charge < -0.3 is 10.5 Å². The molecular weight excluding hydrogens is 274 g/mol. The molecule has 1 aromatic rings. The molecule has 0 radical (unpaired) electrons. The zero-order valence-electron chi connectivity index (χ0n) is 12.2. The van der Waals surface area contributed by atoms with Crippen molar-refractivity contribution in [2.45, 2.75) is 26.7 Å². The van der Waals surface area contributed by atoms with Crippen LogP contribution in [0.4, 0.5) is 5.69 Å². The van der Waals surface area contributed by atoms with Gasteiger partial charge in [0.25, 0.3) is 0 Å². The summed E-state index contributed by atoms with van der Waals surface area (Å²) in [4.78, 5) is 45.9. The predicted molar refractivity (Wildman–Crippen MR) is 76.7 cm³/mol. The van der Waals surface area contributed by atoms with Crippen molar-refractivity contribution in [2.75, 3.05) is 12.8 Å². The van der Waals surface area contributed by atoms with E-state index in [0.29, 0.717) is 0 Å². The van der Waals surface area contributed by atoms with Gasteiger partial charge in [0, 0.05) is 5.56 Å². The van der Waals surface area contributed by atoms with Gasteiger partial charge in [-0.05, 0) is 26.0 Å². The lowest BCUT2D eigenvalue weighted by Crippen LogP contribution is -2.13. The number of nitrogen functional groups attached to an aromatic ring is 1. The van der Waals surface area contributed by atoms with Gasteiger partial charge in [0.2, 0.25) is 0 Å². The molecule has 0 aromatic heterocycles. The maximum Gasteiger partial charge on any atom is 0.174 e. The number of carbonyl (C=O) groups excluding carboxylic acids is 4. The lowest BCUT2D eigenvalue weighted by Gasteiger charge is -2.13. The van der Waals surface area contributed by atoms with E-state index >= 15 is 0 Å². The van der Waals surface area contributed by atoms with Gasteiger partial charge in [-0.25, -0.2) is 0 Å². The smallest absolute Gasteiger partial charge is 0.174 e. The molecular formula is C15H17NO5. The van der Waals surface area contributed by atoms with E-state index in [0.717, 1.165) is 0 Å². The van der Waals surface area contributed by atoms with Crippen LogP contribution < -0.4 is 10.5 Å². The molecule has 0 heterocycles. The summed E-state index contributed by atoms with van der Waals surface area (Å²) in [6.45, 7) is 2.61. The van der Waals surface area contributed by atoms with Crippen molar-refractivity contribution in [3.05, 3.63) is 23.3 Å². The van der Waals surface area contributed by atoms with E-state index in [4.69, 9.17) is 10.5 Å². The van der Waals surface area contributed by atoms with Crippen LogP contribution in [0.25, 0.3) is 0 Å². The minimum atomic E-state index is -0.441. The normalized spacial score (nSPS) is 10.0. The van der Waals surface area contributed by atoms with Crippen LogP contribution in [0.1, 0.15) is 47.4 Å². The zero-order chi connectivity index (χ0) is 16.2. The summed E-state index contributed by atoms with van der Waals surface area (Å²) in [5.41, 5.74) is 6.11. The number of nitrogens with two attached hydrogens (primary N) is 1. The minimum absolute atomic E-state index is 0.00171. The van der Waals surface area contributed by atoms with Gasteiger partial charge in [-0.15, -0.1) is 0 Å². The average Bonchev–Trinajstić information content (AvgIpc) is 2.36. The number of ketones is 4. The van der Waals surface area contributed by atoms with Crippen molar-refractivity contribution in [1.82, 2.24) is 0 Å². The van der Waals surface area contributed by atoms with Gasteiger partial charge in [-0.2, -0.15) is 0 Å². The van der Waals surface area contributed by atoms with E-state index < -0.39 is 11.6 Å². The Morgan fingerprint density at radius 2 is 1.38 bits per heavy atom. The van der Waals surface area contributed by atoms with Crippen molar-refractivity contribution in [2.24, 2.45) is 0 Å². The fourth-order valence-electron chi connectivity index (χ4n) is 1.92. The first-order chi connectivity index (χ1) is 9.77. The van der Waals surface area contributed by atoms with Crippen molar-refractivity contribution in [3.63, 3.8) is 0 Å². The van der Waals surface area contributed by atoms with E-state index in [-0.39, 0.29) is 47.0 Å². The standard InChI is InChI=1S/C15H17NO5/c1-8(17)6-12(19)10-4-5-11(13(20)7-9(2)18)15(21-3)14(10)16/h4-5H,6-7,16H2,1-3H3. The Morgan fingerprint density at radius 1 is 0.952 bits per heavy atom. The van der Waals surface area contributed by atoms with E-state index in [1.165, 1.54) is 33.1 Å². The molecule has 6 heteroatoms. The van der Waals surface area contributed by atoms with Crippen LogP contribution in [0.5, 0.6) is 5.75 Å². The number of carbonyl (C=O) groups is 4. The van der Waals surface area contributed by atoms with Crippen LogP contribution in [0.3, 0.4) is 0 Å². The van der Waals surface area contributed by atoms with Crippen LogP contribution in [0.2, 0.25) is 0 Å². The molecule has 0 saturated heterocycles. The first kappa shape index (κ1) is 16.6. The summed E-state index contributed by atoms with van der Waals surface area (Å²) in [7, 11) is 1.31. The lowest BCUT2D eigenvalue weighted by molar-refractivity contribution is -0.117. The molecule has 6 nitrogen and oxygen atoms in total. The highest BCUT2D eigenvalue weighted by molar-refractivity contribution is 6.14. The SMILES string of the molecule is COc1c(C(=O)CC(C)=O)ccc(C(=O)CC(C)=O)c1N. The van der Waals surface area contributed by atoms with E-state index in [1.807, 2.05) is 0 Å². The summed E-state index contributed by atoms with van der Waals surface area (Å²) in [5.74, 6) is -1.39. The van der Waals surface area contributed by atoms with Gasteiger partial charge in [0.1, 0.15) is 11.6 Å². The minimum Gasteiger partial charge on any atom is -0.494 e. The molecule has 0 aliphatic heterocycles. The van der Waals surface area contributed by atoms with Crippen LogP contribution >= 0.6 is 0 Å². The van der Waals surface area contributed by atoms with Crippen LogP contribution in [-0.4, -0.2) is 30.2 Å². The van der Waals surface area contributed by atoms with Gasteiger partial charge in [-0.1, -0.05) is 0 Å². The topological polar surface area (TPSA) is 104 Å². The lowest BCUT2D eigenvalue weighted by atomic mass is 9.98. The zero-order valence-corrected chi connectivity index (χ0v) is 12.2. The molecule has 0 saturated carbocycles. The number of benzene rings is 1. The molecule has 2 N–H and O–H groups in total. The quantitative estimate of drug-likeness (QED) is 0.465. The second-order valence-corrected chi connectivity index (χ2v) is 4.71. The third-order valence-corrected chi connectivity index (χ3v) is 2.82. The third kappa shape index (κ3) is 3.98. The molecule has 0 amide bonds. The number of hydrogen-bond donors (Lipinski definition) is 1. The van der Waals surface area contributed by atoms with E-state index in [9.17, 15) is 19.2 Å². The predicted octanol–water partition coefficient (Wildman–Crippen LogP) is 1.60. The van der Waals surface area contributed by atoms with Gasteiger partial charge in [0.05, 0.1) is 31.2 Å². The Hall–Kier alpha value is -2.50. The maximum absolute atomic E-state index is 12.0. The highest BCUT2D eigenvalue weighted by Gasteiger charge is 2.21. The van der Waals surface area contributed by atoms with Crippen LogP contribution in [-0.2, 0) is 9.59 Å². The number of Topliss-reactive ketones (excluding diaryl/α,β-unsaturated/α-hetero) is 4. The molecule has 0 aliphatic rings. The fraction of sp³-hybridized carbons (Fsp3) is 0.333. The van der Waals surface area contributed by atoms with Crippen molar-refractivity contribution >= 4 is 28.8 Å².